The van der Waals surface area contributed by atoms with Gasteiger partial charge in [-0.15, -0.1) is 0 Å². The van der Waals surface area contributed by atoms with Gasteiger partial charge < -0.3 is 40.4 Å². The van der Waals surface area contributed by atoms with E-state index >= 15 is 0 Å². The summed E-state index contributed by atoms with van der Waals surface area (Å²) in [5.41, 5.74) is 1.67. The third-order valence-corrected chi connectivity index (χ3v) is 15.2. The van der Waals surface area contributed by atoms with Gasteiger partial charge in [0.15, 0.2) is 17.2 Å². The maximum atomic E-state index is 13.6. The van der Waals surface area contributed by atoms with Crippen molar-refractivity contribution in [3.05, 3.63) is 130 Å². The van der Waals surface area contributed by atoms with Crippen molar-refractivity contribution in [2.45, 2.75) is 84.2 Å². The van der Waals surface area contributed by atoms with Crippen molar-refractivity contribution in [2.24, 2.45) is 0 Å². The van der Waals surface area contributed by atoms with Crippen LogP contribution < -0.4 is 122 Å². The number of aromatic nitrogens is 2. The van der Waals surface area contributed by atoms with Crippen LogP contribution in [-0.2, 0) is 32.2 Å². The number of hydrogen-bond acceptors (Lipinski definition) is 16. The monoisotopic (exact) mass is 1160 g/mol. The van der Waals surface area contributed by atoms with E-state index in [-0.39, 0.29) is 176 Å². The fraction of sp³-hybridized carbons (Fsp3) is 0.333. The number of carbonyl (C=O) groups excluding carboxylic acids is 6. The fourth-order valence-electron chi connectivity index (χ4n) is 7.94. The molecule has 4 aromatic carbocycles. The summed E-state index contributed by atoms with van der Waals surface area (Å²) in [4.78, 5) is 87.9. The van der Waals surface area contributed by atoms with Crippen LogP contribution in [-0.4, -0.2) is 110 Å². The van der Waals surface area contributed by atoms with Crippen LogP contribution in [0.15, 0.2) is 85.2 Å². The number of phenols is 1. The SMILES string of the molecule is C1CCOC1.CCOC(=O)Oc1c2c(c(OCC[Si](C)(C)C)c3ncccc13)C(=O)N(Cc1ccc(F)cc1)C2=O.C[Si](C)(C)CCOc1c2c(c(O)c3cccnc13)C(=O)N(Cc1ccc(F)cc1)C2=O.O=CO[O-].[H-].[K+].[K+]. The summed E-state index contributed by atoms with van der Waals surface area (Å²) in [6.07, 6.45) is 4.64. The summed E-state index contributed by atoms with van der Waals surface area (Å²) in [6, 6.07) is 19.3. The molecule has 0 spiro atoms. The molecule has 5 heterocycles. The number of fused-ring (bicyclic) bond motifs is 4. The Morgan fingerprint density at radius 3 is 1.47 bits per heavy atom. The number of aromatic hydroxyl groups is 1. The minimum absolute atomic E-state index is 0. The topological polar surface area (TPSA) is 233 Å². The third-order valence-electron chi connectivity index (χ3n) is 11.8. The number of halogens is 2. The Kier molecular flexibility index (Phi) is 25.8. The maximum Gasteiger partial charge on any atom is 1.00 e. The van der Waals surface area contributed by atoms with Gasteiger partial charge in [-0.3, -0.25) is 43.7 Å². The number of nitrogens with zero attached hydrogens (tertiary/aromatic N) is 4. The first kappa shape index (κ1) is 66.1. The Hall–Kier alpha value is -4.39. The zero-order valence-corrected chi connectivity index (χ0v) is 53.5. The first-order valence-electron chi connectivity index (χ1n) is 24.4. The van der Waals surface area contributed by atoms with Crippen molar-refractivity contribution in [1.29, 1.82) is 0 Å². The van der Waals surface area contributed by atoms with Crippen molar-refractivity contribution in [3.63, 3.8) is 0 Å². The number of pyridine rings is 2. The van der Waals surface area contributed by atoms with E-state index in [1.165, 1.54) is 67.6 Å². The van der Waals surface area contributed by atoms with E-state index in [1.54, 1.807) is 37.4 Å². The normalized spacial score (nSPS) is 13.4. The van der Waals surface area contributed by atoms with E-state index in [1.807, 2.05) is 0 Å². The van der Waals surface area contributed by atoms with Crippen LogP contribution in [0.5, 0.6) is 23.0 Å². The molecule has 1 saturated heterocycles. The number of imide groups is 2. The first-order chi connectivity index (χ1) is 36.2. The number of benzene rings is 4. The van der Waals surface area contributed by atoms with Gasteiger partial charge in [-0.25, -0.2) is 13.6 Å². The summed E-state index contributed by atoms with van der Waals surface area (Å²) in [6.45, 7) is 17.4. The minimum atomic E-state index is -1.47. The van der Waals surface area contributed by atoms with Gasteiger partial charge in [-0.2, -0.15) is 0 Å². The zero-order valence-electron chi connectivity index (χ0n) is 46.2. The Bertz CT molecular complexity index is 3110. The van der Waals surface area contributed by atoms with Gasteiger partial charge in [0.05, 0.1) is 38.5 Å². The molecule has 1 fully saturated rings. The molecule has 2 aromatic heterocycles. The van der Waals surface area contributed by atoms with Crippen LogP contribution in [0, 0.1) is 11.6 Å². The molecule has 6 aromatic rings. The van der Waals surface area contributed by atoms with Crippen molar-refractivity contribution in [2.75, 3.05) is 33.0 Å². The molecule has 0 bridgehead atoms. The van der Waals surface area contributed by atoms with Gasteiger partial charge in [0, 0.05) is 52.5 Å². The molecule has 0 unspecified atom stereocenters. The second-order valence-corrected chi connectivity index (χ2v) is 31.1. The summed E-state index contributed by atoms with van der Waals surface area (Å²) in [5, 5.41) is 20.0. The quantitative estimate of drug-likeness (QED) is 0.0295. The van der Waals surface area contributed by atoms with Gasteiger partial charge in [0.2, 0.25) is 0 Å². The average Bonchev–Trinajstić information content (AvgIpc) is 4.17. The van der Waals surface area contributed by atoms with Gasteiger partial charge in [0.25, 0.3) is 30.1 Å². The molecule has 0 saturated carbocycles. The van der Waals surface area contributed by atoms with Crippen molar-refractivity contribution in [1.82, 2.24) is 19.8 Å². The number of amides is 4. The van der Waals surface area contributed by atoms with E-state index in [0.717, 1.165) is 35.1 Å². The Balaban J connectivity index is 0.000000349. The molecule has 18 nitrogen and oxygen atoms in total. The predicted molar refractivity (Wildman–Crippen MR) is 280 cm³/mol. The van der Waals surface area contributed by atoms with E-state index in [0.29, 0.717) is 46.1 Å². The molecule has 4 amide bonds. The first-order valence-corrected chi connectivity index (χ1v) is 31.8. The van der Waals surface area contributed by atoms with Crippen molar-refractivity contribution < 1.29 is 181 Å². The average molecular weight is 1160 g/mol. The van der Waals surface area contributed by atoms with Crippen LogP contribution in [0.3, 0.4) is 0 Å². The molecule has 3 aliphatic heterocycles. The Labute approximate surface area is 538 Å². The molecule has 404 valence electrons. The zero-order chi connectivity index (χ0) is 55.3. The van der Waals surface area contributed by atoms with Crippen molar-refractivity contribution >= 4 is 74.2 Å². The summed E-state index contributed by atoms with van der Waals surface area (Å²) >= 11 is 0. The smallest absolute Gasteiger partial charge is 1.00 e. The van der Waals surface area contributed by atoms with Crippen LogP contribution >= 0.6 is 0 Å². The van der Waals surface area contributed by atoms with Crippen LogP contribution in [0.1, 0.15) is 73.8 Å². The molecule has 9 rings (SSSR count). The van der Waals surface area contributed by atoms with E-state index < -0.39 is 57.6 Å². The van der Waals surface area contributed by atoms with Crippen LogP contribution in [0.25, 0.3) is 21.8 Å². The number of hydrogen-bond donors (Lipinski definition) is 1. The largest absolute Gasteiger partial charge is 1.00 e. The van der Waals surface area contributed by atoms with Gasteiger partial charge >= 0.3 is 109 Å². The van der Waals surface area contributed by atoms with Crippen molar-refractivity contribution in [3.8, 4) is 23.0 Å². The van der Waals surface area contributed by atoms with E-state index in [9.17, 15) is 37.9 Å². The Morgan fingerprint density at radius 1 is 0.679 bits per heavy atom. The molecular weight excluding hydrogens is 1100 g/mol. The third kappa shape index (κ3) is 17.1. The summed E-state index contributed by atoms with van der Waals surface area (Å²) in [7, 11) is -2.87. The predicted octanol–water partition coefficient (Wildman–Crippen LogP) is 3.37. The molecular formula is C54H60F2K2N4O14Si2. The fourth-order valence-corrected chi connectivity index (χ4v) is 9.36. The number of carbonyl (C=O) groups is 6. The maximum absolute atomic E-state index is 13.6. The van der Waals surface area contributed by atoms with Gasteiger partial charge in [-0.05, 0) is 91.5 Å². The van der Waals surface area contributed by atoms with Crippen LogP contribution in [0.2, 0.25) is 51.4 Å². The number of rotatable bonds is 15. The molecule has 78 heavy (non-hydrogen) atoms. The summed E-state index contributed by atoms with van der Waals surface area (Å²) < 4.78 is 54.1. The minimum Gasteiger partial charge on any atom is -1.00 e. The summed E-state index contributed by atoms with van der Waals surface area (Å²) in [5.74, 6) is -3.25. The molecule has 0 radical (unpaired) electrons. The second-order valence-electron chi connectivity index (χ2n) is 19.9. The van der Waals surface area contributed by atoms with E-state index in [2.05, 4.69) is 54.1 Å². The standard InChI is InChI=1S/C26H27FN2O6Si.C23H23FN2O4Si.C4H8O.CH2O3.2K.H/c1-5-33-26(32)35-22-18-7-6-12-28-21(18)23(34-13-14-36(2,3)4)20-19(22)24(30)29(25(20)31)15-16-8-10-17(27)11-9-16;1-31(2,3)12-11-30-21-18-17(20(27)16-5-4-10-25-19(16)21)22(28)26(23(18)29)13-14-6-8-15(24)9-7-14;1-2-4-5-3-1;2-1-4-3;;;/h6-12H,5,13-15H2,1-4H3;4-10,27H,11-13H2,1-3H3;1-4H2;1,3H;;;/q;;;;2*+1;-1/p-1. The molecule has 0 aliphatic carbocycles. The van der Waals surface area contributed by atoms with E-state index in [4.69, 9.17) is 33.7 Å². The molecule has 24 heteroatoms. The molecule has 0 atom stereocenters. The van der Waals surface area contributed by atoms with Gasteiger partial charge in [0.1, 0.15) is 45.1 Å². The number of ether oxygens (including phenoxy) is 5. The number of phenolic OH excluding ortho intramolecular Hbond substituents is 1. The second kappa shape index (κ2) is 30.4. The Morgan fingerprint density at radius 2 is 1.08 bits per heavy atom. The molecule has 3 aliphatic rings. The van der Waals surface area contributed by atoms with Gasteiger partial charge in [-0.1, -0.05) is 63.5 Å². The molecule has 1 N–H and O–H groups in total. The van der Waals surface area contributed by atoms with Crippen LogP contribution in [0.4, 0.5) is 13.6 Å².